The monoisotopic (exact) mass is 328 g/mol. The van der Waals surface area contributed by atoms with E-state index in [9.17, 15) is 4.39 Å². The second-order valence-electron chi connectivity index (χ2n) is 5.36. The third-order valence-corrected chi connectivity index (χ3v) is 4.62. The summed E-state index contributed by atoms with van der Waals surface area (Å²) >= 11 is 1.54. The molecule has 0 fully saturated rings. The highest BCUT2D eigenvalue weighted by atomic mass is 32.1. The van der Waals surface area contributed by atoms with Crippen LogP contribution in [-0.4, -0.2) is 26.9 Å². The van der Waals surface area contributed by atoms with E-state index < -0.39 is 0 Å². The molecule has 0 saturated carbocycles. The molecule has 1 aromatic carbocycles. The van der Waals surface area contributed by atoms with E-state index in [0.29, 0.717) is 12.4 Å². The molecule has 2 aromatic heterocycles. The first kappa shape index (κ1) is 15.7. The van der Waals surface area contributed by atoms with Gasteiger partial charge in [-0.1, -0.05) is 12.1 Å². The van der Waals surface area contributed by atoms with Crippen molar-refractivity contribution in [3.8, 4) is 10.8 Å². The number of thiazole rings is 1. The van der Waals surface area contributed by atoms with Crippen LogP contribution in [0.15, 0.2) is 48.1 Å². The lowest BCUT2D eigenvalue weighted by atomic mass is 10.1. The topological polar surface area (TPSA) is 41.9 Å². The predicted molar refractivity (Wildman–Crippen MR) is 89.4 cm³/mol. The molecule has 23 heavy (non-hydrogen) atoms. The van der Waals surface area contributed by atoms with E-state index in [1.807, 2.05) is 24.6 Å². The van der Waals surface area contributed by atoms with Crippen molar-refractivity contribution in [3.63, 3.8) is 0 Å². The van der Waals surface area contributed by atoms with Crippen molar-refractivity contribution in [1.29, 1.82) is 0 Å². The molecule has 0 aliphatic carbocycles. The second-order valence-corrected chi connectivity index (χ2v) is 6.22. The Morgan fingerprint density at radius 1 is 1.17 bits per heavy atom. The zero-order chi connectivity index (χ0) is 16.2. The first-order chi connectivity index (χ1) is 11.1. The molecule has 0 aliphatic heterocycles. The molecule has 0 saturated heterocycles. The van der Waals surface area contributed by atoms with Crippen molar-refractivity contribution in [2.75, 3.05) is 7.05 Å². The summed E-state index contributed by atoms with van der Waals surface area (Å²) in [5.74, 6) is 0.439. The molecule has 4 nitrogen and oxygen atoms in total. The van der Waals surface area contributed by atoms with E-state index in [-0.39, 0.29) is 11.9 Å². The highest BCUT2D eigenvalue weighted by Gasteiger charge is 2.14. The van der Waals surface area contributed by atoms with E-state index in [1.165, 1.54) is 12.1 Å². The Balaban J connectivity index is 1.69. The van der Waals surface area contributed by atoms with Crippen LogP contribution in [0.3, 0.4) is 0 Å². The molecular weight excluding hydrogens is 311 g/mol. The minimum atomic E-state index is -0.212. The summed E-state index contributed by atoms with van der Waals surface area (Å²) in [6, 6.07) is 8.59. The summed E-state index contributed by atoms with van der Waals surface area (Å²) in [7, 11) is 2.03. The molecule has 0 spiro atoms. The van der Waals surface area contributed by atoms with Gasteiger partial charge in [0.1, 0.15) is 5.82 Å². The van der Waals surface area contributed by atoms with Crippen molar-refractivity contribution < 1.29 is 4.39 Å². The zero-order valence-electron chi connectivity index (χ0n) is 13.0. The van der Waals surface area contributed by atoms with Crippen LogP contribution in [0.25, 0.3) is 10.8 Å². The maximum Gasteiger partial charge on any atom is 0.188 e. The molecule has 6 heteroatoms. The van der Waals surface area contributed by atoms with Gasteiger partial charge in [0.25, 0.3) is 0 Å². The molecule has 2 heterocycles. The molecular formula is C17H17FN4S. The standard InChI is InChI=1S/C17H17FN4S/c1-12(13-4-6-14(18)7-5-13)22(2)10-15-11-23-17(21-15)16-19-8-3-9-20-16/h3-9,11-12H,10H2,1-2H3/t12-/m0/s1. The third kappa shape index (κ3) is 3.78. The first-order valence-electron chi connectivity index (χ1n) is 7.31. The van der Waals surface area contributed by atoms with Gasteiger partial charge in [0.05, 0.1) is 5.69 Å². The highest BCUT2D eigenvalue weighted by Crippen LogP contribution is 2.24. The van der Waals surface area contributed by atoms with Crippen LogP contribution in [0.4, 0.5) is 4.39 Å². The molecule has 0 unspecified atom stereocenters. The van der Waals surface area contributed by atoms with Gasteiger partial charge in [-0.25, -0.2) is 19.3 Å². The van der Waals surface area contributed by atoms with Gasteiger partial charge in [-0.3, -0.25) is 4.90 Å². The average Bonchev–Trinajstić information content (AvgIpc) is 3.04. The summed E-state index contributed by atoms with van der Waals surface area (Å²) in [5, 5.41) is 2.85. The predicted octanol–water partition coefficient (Wildman–Crippen LogP) is 3.93. The molecule has 1 atom stereocenters. The van der Waals surface area contributed by atoms with E-state index in [4.69, 9.17) is 0 Å². The normalized spacial score (nSPS) is 12.5. The Kier molecular flexibility index (Phi) is 4.73. The molecule has 118 valence electrons. The number of rotatable bonds is 5. The number of benzene rings is 1. The number of halogens is 1. The van der Waals surface area contributed by atoms with Crippen LogP contribution in [0.2, 0.25) is 0 Å². The Bertz CT molecular complexity index is 758. The minimum Gasteiger partial charge on any atom is -0.294 e. The fourth-order valence-corrected chi connectivity index (χ4v) is 3.04. The highest BCUT2D eigenvalue weighted by molar-refractivity contribution is 7.13. The van der Waals surface area contributed by atoms with E-state index in [2.05, 4.69) is 26.8 Å². The van der Waals surface area contributed by atoms with Crippen LogP contribution in [-0.2, 0) is 6.54 Å². The lowest BCUT2D eigenvalue weighted by Gasteiger charge is -2.24. The Morgan fingerprint density at radius 3 is 2.57 bits per heavy atom. The SMILES string of the molecule is C[C@@H](c1ccc(F)cc1)N(C)Cc1csc(-c2ncccn2)n1. The van der Waals surface area contributed by atoms with E-state index >= 15 is 0 Å². The van der Waals surface area contributed by atoms with Gasteiger partial charge in [0.2, 0.25) is 0 Å². The minimum absolute atomic E-state index is 0.175. The molecule has 3 rings (SSSR count). The quantitative estimate of drug-likeness (QED) is 0.711. The fourth-order valence-electron chi connectivity index (χ4n) is 2.28. The van der Waals surface area contributed by atoms with Gasteiger partial charge >= 0.3 is 0 Å². The average molecular weight is 328 g/mol. The van der Waals surface area contributed by atoms with Gasteiger partial charge in [-0.15, -0.1) is 11.3 Å². The van der Waals surface area contributed by atoms with Crippen molar-refractivity contribution >= 4 is 11.3 Å². The van der Waals surface area contributed by atoms with E-state index in [1.54, 1.807) is 29.8 Å². The van der Waals surface area contributed by atoms with Gasteiger partial charge in [0, 0.05) is 30.4 Å². The Hall–Kier alpha value is -2.18. The summed E-state index contributed by atoms with van der Waals surface area (Å²) in [6.45, 7) is 2.81. The number of hydrogen-bond donors (Lipinski definition) is 0. The zero-order valence-corrected chi connectivity index (χ0v) is 13.8. The van der Waals surface area contributed by atoms with Crippen LogP contribution in [0.5, 0.6) is 0 Å². The Labute approximate surface area is 138 Å². The molecule has 0 amide bonds. The van der Waals surface area contributed by atoms with E-state index in [0.717, 1.165) is 16.3 Å². The number of aromatic nitrogens is 3. The third-order valence-electron chi connectivity index (χ3n) is 3.73. The maximum absolute atomic E-state index is 13.0. The summed E-state index contributed by atoms with van der Waals surface area (Å²) < 4.78 is 13.0. The first-order valence-corrected chi connectivity index (χ1v) is 8.19. The number of hydrogen-bond acceptors (Lipinski definition) is 5. The summed E-state index contributed by atoms with van der Waals surface area (Å²) in [4.78, 5) is 15.2. The van der Waals surface area contributed by atoms with Crippen molar-refractivity contribution in [2.45, 2.75) is 19.5 Å². The van der Waals surface area contributed by atoms with Crippen LogP contribution in [0.1, 0.15) is 24.2 Å². The molecule has 0 radical (unpaired) electrons. The van der Waals surface area contributed by atoms with Crippen molar-refractivity contribution in [1.82, 2.24) is 19.9 Å². The van der Waals surface area contributed by atoms with Crippen LogP contribution in [0, 0.1) is 5.82 Å². The molecule has 3 aromatic rings. The smallest absolute Gasteiger partial charge is 0.188 e. The molecule has 0 bridgehead atoms. The lowest BCUT2D eigenvalue weighted by molar-refractivity contribution is 0.250. The Morgan fingerprint density at radius 2 is 1.87 bits per heavy atom. The largest absolute Gasteiger partial charge is 0.294 e. The summed E-state index contributed by atoms with van der Waals surface area (Å²) in [6.07, 6.45) is 3.43. The van der Waals surface area contributed by atoms with Crippen molar-refractivity contribution in [3.05, 3.63) is 65.2 Å². The lowest BCUT2D eigenvalue weighted by Crippen LogP contribution is -2.22. The van der Waals surface area contributed by atoms with Gasteiger partial charge in [-0.05, 0) is 37.7 Å². The number of nitrogens with zero attached hydrogens (tertiary/aromatic N) is 4. The van der Waals surface area contributed by atoms with Gasteiger partial charge in [0.15, 0.2) is 10.8 Å². The maximum atomic E-state index is 13.0. The summed E-state index contributed by atoms with van der Waals surface area (Å²) in [5.41, 5.74) is 2.06. The fraction of sp³-hybridized carbons (Fsp3) is 0.235. The van der Waals surface area contributed by atoms with Crippen LogP contribution < -0.4 is 0 Å². The van der Waals surface area contributed by atoms with Crippen LogP contribution >= 0.6 is 11.3 Å². The van der Waals surface area contributed by atoms with Crippen molar-refractivity contribution in [2.24, 2.45) is 0 Å². The molecule has 0 N–H and O–H groups in total. The molecule has 0 aliphatic rings. The van der Waals surface area contributed by atoms with Gasteiger partial charge in [-0.2, -0.15) is 0 Å². The van der Waals surface area contributed by atoms with Gasteiger partial charge < -0.3 is 0 Å². The second kappa shape index (κ2) is 6.93.